The Morgan fingerprint density at radius 3 is 2.61 bits per heavy atom. The van der Waals surface area contributed by atoms with E-state index in [2.05, 4.69) is 25.6 Å². The summed E-state index contributed by atoms with van der Waals surface area (Å²) in [4.78, 5) is 17.1. The molecule has 31 heavy (non-hydrogen) atoms. The van der Waals surface area contributed by atoms with E-state index < -0.39 is 0 Å². The number of amides is 1. The van der Waals surface area contributed by atoms with E-state index in [1.165, 1.54) is 23.0 Å². The highest BCUT2D eigenvalue weighted by Gasteiger charge is 2.33. The van der Waals surface area contributed by atoms with Crippen molar-refractivity contribution in [2.24, 2.45) is 0 Å². The zero-order chi connectivity index (χ0) is 21.5. The number of hydrogen-bond donors (Lipinski definition) is 1. The first-order chi connectivity index (χ1) is 15.0. The number of aromatic nitrogens is 5. The van der Waals surface area contributed by atoms with Crippen LogP contribution in [0.25, 0.3) is 17.2 Å². The average molecular weight is 435 g/mol. The largest absolute Gasteiger partial charge is 0.310 e. The maximum Gasteiger partial charge on any atom is 0.272 e. The monoisotopic (exact) mass is 434 g/mol. The number of benzene rings is 2. The summed E-state index contributed by atoms with van der Waals surface area (Å²) >= 11 is 6.03. The van der Waals surface area contributed by atoms with Crippen LogP contribution in [0.1, 0.15) is 29.2 Å². The maximum atomic E-state index is 13.3. The normalized spacial score (nSPS) is 15.5. The van der Waals surface area contributed by atoms with Gasteiger partial charge < -0.3 is 5.32 Å². The third-order valence-corrected chi connectivity index (χ3v) is 5.50. The van der Waals surface area contributed by atoms with Crippen LogP contribution in [0.4, 0.5) is 10.2 Å². The summed E-state index contributed by atoms with van der Waals surface area (Å²) < 4.78 is 14.8. The fourth-order valence-corrected chi connectivity index (χ4v) is 3.94. The van der Waals surface area contributed by atoms with Gasteiger partial charge in [0.05, 0.1) is 17.6 Å². The van der Waals surface area contributed by atoms with Crippen molar-refractivity contribution >= 4 is 23.3 Å². The molecule has 7 nitrogen and oxygen atoms in total. The standard InChI is InChI=1S/C22H16ClFN6O/c1-12-20-17(13-2-6-15(23)7-3-13)10-19(31)27-21(20)30(29-12)22-26-18(11-25-28-22)14-4-8-16(24)9-5-14/h2-9,11,17H,10H2,1H3,(H,27,31)/t17-/m1/s1. The van der Waals surface area contributed by atoms with Crippen LogP contribution < -0.4 is 5.32 Å². The highest BCUT2D eigenvalue weighted by molar-refractivity contribution is 6.30. The Bertz CT molecular complexity index is 1290. The summed E-state index contributed by atoms with van der Waals surface area (Å²) in [5, 5.41) is 16.3. The fraction of sp³-hybridized carbons (Fsp3) is 0.136. The summed E-state index contributed by atoms with van der Waals surface area (Å²) in [6.07, 6.45) is 1.80. The molecule has 0 radical (unpaired) electrons. The Balaban J connectivity index is 1.60. The van der Waals surface area contributed by atoms with Crippen molar-refractivity contribution in [2.45, 2.75) is 19.3 Å². The Labute approximate surface area is 181 Å². The average Bonchev–Trinajstić information content (AvgIpc) is 3.10. The Hall–Kier alpha value is -3.65. The van der Waals surface area contributed by atoms with Crippen LogP contribution >= 0.6 is 11.6 Å². The van der Waals surface area contributed by atoms with E-state index in [9.17, 15) is 9.18 Å². The van der Waals surface area contributed by atoms with Crippen LogP contribution in [0, 0.1) is 12.7 Å². The lowest BCUT2D eigenvalue weighted by molar-refractivity contribution is -0.116. The molecule has 2 aromatic heterocycles. The Morgan fingerprint density at radius 1 is 1.13 bits per heavy atom. The molecular weight excluding hydrogens is 419 g/mol. The predicted molar refractivity (Wildman–Crippen MR) is 114 cm³/mol. The molecule has 0 bridgehead atoms. The molecule has 0 saturated carbocycles. The minimum Gasteiger partial charge on any atom is -0.310 e. The number of carbonyl (C=O) groups excluding carboxylic acids is 1. The van der Waals surface area contributed by atoms with Gasteiger partial charge in [0.1, 0.15) is 11.6 Å². The van der Waals surface area contributed by atoms with Gasteiger partial charge in [0.25, 0.3) is 5.95 Å². The molecule has 9 heteroatoms. The van der Waals surface area contributed by atoms with Gasteiger partial charge in [-0.15, -0.1) is 5.10 Å². The van der Waals surface area contributed by atoms with Crippen LogP contribution in [-0.2, 0) is 4.79 Å². The molecule has 0 aliphatic carbocycles. The zero-order valence-electron chi connectivity index (χ0n) is 16.4. The van der Waals surface area contributed by atoms with Crippen LogP contribution in [0.3, 0.4) is 0 Å². The molecule has 3 heterocycles. The van der Waals surface area contributed by atoms with E-state index >= 15 is 0 Å². The molecule has 1 atom stereocenters. The van der Waals surface area contributed by atoms with E-state index in [4.69, 9.17) is 11.6 Å². The topological polar surface area (TPSA) is 85.6 Å². The van der Waals surface area contributed by atoms with Crippen LogP contribution in [-0.4, -0.2) is 30.9 Å². The number of carbonyl (C=O) groups is 1. The molecule has 154 valence electrons. The number of rotatable bonds is 3. The number of nitrogens with zero attached hydrogens (tertiary/aromatic N) is 5. The second kappa shape index (κ2) is 7.55. The van der Waals surface area contributed by atoms with Gasteiger partial charge in [0.2, 0.25) is 5.91 Å². The summed E-state index contributed by atoms with van der Waals surface area (Å²) in [6.45, 7) is 1.88. The van der Waals surface area contributed by atoms with Crippen molar-refractivity contribution < 1.29 is 9.18 Å². The van der Waals surface area contributed by atoms with Gasteiger partial charge >= 0.3 is 0 Å². The zero-order valence-corrected chi connectivity index (χ0v) is 17.1. The van der Waals surface area contributed by atoms with Crippen LogP contribution in [0.5, 0.6) is 0 Å². The number of hydrogen-bond acceptors (Lipinski definition) is 5. The minimum absolute atomic E-state index is 0.128. The third kappa shape index (κ3) is 3.55. The van der Waals surface area contributed by atoms with Crippen molar-refractivity contribution in [3.63, 3.8) is 0 Å². The fourth-order valence-electron chi connectivity index (χ4n) is 3.82. The molecule has 4 aromatic rings. The van der Waals surface area contributed by atoms with Gasteiger partial charge in [-0.2, -0.15) is 14.9 Å². The van der Waals surface area contributed by atoms with E-state index in [1.807, 2.05) is 31.2 Å². The molecule has 0 fully saturated rings. The lowest BCUT2D eigenvalue weighted by atomic mass is 9.86. The Kier molecular flexibility index (Phi) is 4.71. The summed E-state index contributed by atoms with van der Waals surface area (Å²) in [5.74, 6) is 0.105. The first-order valence-electron chi connectivity index (χ1n) is 9.60. The summed E-state index contributed by atoms with van der Waals surface area (Å²) in [5.41, 5.74) is 3.84. The molecule has 1 amide bonds. The second-order valence-corrected chi connectivity index (χ2v) is 7.70. The van der Waals surface area contributed by atoms with Crippen molar-refractivity contribution in [3.8, 4) is 17.2 Å². The van der Waals surface area contributed by atoms with E-state index in [-0.39, 0.29) is 23.6 Å². The number of anilines is 1. The van der Waals surface area contributed by atoms with Gasteiger partial charge in [0.15, 0.2) is 0 Å². The van der Waals surface area contributed by atoms with Gasteiger partial charge in [-0.3, -0.25) is 4.79 Å². The lowest BCUT2D eigenvalue weighted by Gasteiger charge is -2.24. The smallest absolute Gasteiger partial charge is 0.272 e. The minimum atomic E-state index is -0.335. The molecule has 0 unspecified atom stereocenters. The van der Waals surface area contributed by atoms with Crippen molar-refractivity contribution in [2.75, 3.05) is 5.32 Å². The lowest BCUT2D eigenvalue weighted by Crippen LogP contribution is -2.25. The van der Waals surface area contributed by atoms with E-state index in [0.717, 1.165) is 16.8 Å². The van der Waals surface area contributed by atoms with Crippen LogP contribution in [0.15, 0.2) is 54.7 Å². The van der Waals surface area contributed by atoms with Crippen molar-refractivity contribution in [3.05, 3.63) is 82.4 Å². The quantitative estimate of drug-likeness (QED) is 0.519. The predicted octanol–water partition coefficient (Wildman–Crippen LogP) is 4.30. The molecule has 5 rings (SSSR count). The molecule has 0 spiro atoms. The molecule has 0 saturated heterocycles. The summed E-state index contributed by atoms with van der Waals surface area (Å²) in [7, 11) is 0. The van der Waals surface area contributed by atoms with Crippen LogP contribution in [0.2, 0.25) is 5.02 Å². The van der Waals surface area contributed by atoms with Gasteiger partial charge in [-0.1, -0.05) is 23.7 Å². The summed E-state index contributed by atoms with van der Waals surface area (Å²) in [6, 6.07) is 13.4. The second-order valence-electron chi connectivity index (χ2n) is 7.26. The highest BCUT2D eigenvalue weighted by atomic mass is 35.5. The first-order valence-corrected chi connectivity index (χ1v) is 9.98. The highest BCUT2D eigenvalue weighted by Crippen LogP contribution is 2.40. The number of aryl methyl sites for hydroxylation is 1. The van der Waals surface area contributed by atoms with E-state index in [0.29, 0.717) is 28.5 Å². The van der Waals surface area contributed by atoms with E-state index in [1.54, 1.807) is 12.1 Å². The molecule has 1 N–H and O–H groups in total. The maximum absolute atomic E-state index is 13.3. The third-order valence-electron chi connectivity index (χ3n) is 5.25. The van der Waals surface area contributed by atoms with Gasteiger partial charge in [0, 0.05) is 28.5 Å². The molecular formula is C22H16ClFN6O. The molecule has 1 aliphatic rings. The number of halogens is 2. The van der Waals surface area contributed by atoms with Gasteiger partial charge in [-0.25, -0.2) is 9.37 Å². The number of fused-ring (bicyclic) bond motifs is 1. The van der Waals surface area contributed by atoms with Crippen molar-refractivity contribution in [1.29, 1.82) is 0 Å². The SMILES string of the molecule is Cc1nn(-c2nncc(-c3ccc(F)cc3)n2)c2c1[C@@H](c1ccc(Cl)cc1)CC(=O)N2. The molecule has 2 aromatic carbocycles. The van der Waals surface area contributed by atoms with Crippen molar-refractivity contribution in [1.82, 2.24) is 25.0 Å². The molecule has 1 aliphatic heterocycles. The Morgan fingerprint density at radius 2 is 1.87 bits per heavy atom. The first kappa shape index (κ1) is 19.3. The number of nitrogens with one attached hydrogen (secondary N) is 1. The van der Waals surface area contributed by atoms with Gasteiger partial charge in [-0.05, 0) is 48.9 Å².